The fourth-order valence-corrected chi connectivity index (χ4v) is 2.66. The van der Waals surface area contributed by atoms with Gasteiger partial charge in [0.15, 0.2) is 0 Å². The van der Waals surface area contributed by atoms with E-state index >= 15 is 0 Å². The van der Waals surface area contributed by atoms with Gasteiger partial charge in [0.25, 0.3) is 0 Å². The van der Waals surface area contributed by atoms with Crippen LogP contribution in [0.5, 0.6) is 5.75 Å². The summed E-state index contributed by atoms with van der Waals surface area (Å²) in [5, 5.41) is 0. The monoisotopic (exact) mass is 396 g/mol. The summed E-state index contributed by atoms with van der Waals surface area (Å²) in [4.78, 5) is 2.12. The Balaban J connectivity index is 0.000000300. The van der Waals surface area contributed by atoms with E-state index in [1.807, 2.05) is 18.2 Å². The Morgan fingerprint density at radius 3 is 1.67 bits per heavy atom. The number of thioether (sulfide) groups is 2. The largest absolute Gasteiger partial charge is 0.534 e. The molecule has 0 atom stereocenters. The van der Waals surface area contributed by atoms with Gasteiger partial charge in [0.1, 0.15) is 5.75 Å². The van der Waals surface area contributed by atoms with Gasteiger partial charge in [-0.05, 0) is 48.9 Å². The van der Waals surface area contributed by atoms with Crippen LogP contribution in [0.3, 0.4) is 0 Å². The fraction of sp³-hybridized carbons (Fsp3) is 0.200. The molecule has 2 rings (SSSR count). The van der Waals surface area contributed by atoms with Gasteiger partial charge < -0.3 is 4.18 Å². The average molecular weight is 396 g/mol. The number of halogens is 3. The first-order valence-corrected chi connectivity index (χ1v) is 10.3. The fourth-order valence-electron chi connectivity index (χ4n) is 1.36. The second-order valence-corrected chi connectivity index (χ2v) is 7.47. The summed E-state index contributed by atoms with van der Waals surface area (Å²) >= 11 is 3.14. The molecular weight excluding hydrogens is 381 g/mol. The van der Waals surface area contributed by atoms with E-state index in [4.69, 9.17) is 0 Å². The topological polar surface area (TPSA) is 43.4 Å². The van der Waals surface area contributed by atoms with Crippen LogP contribution in [0.15, 0.2) is 64.4 Å². The first-order chi connectivity index (χ1) is 11.2. The van der Waals surface area contributed by atoms with Crippen LogP contribution >= 0.6 is 23.5 Å². The van der Waals surface area contributed by atoms with E-state index in [1.165, 1.54) is 28.8 Å². The third-order valence-electron chi connectivity index (χ3n) is 2.53. The molecule has 0 bridgehead atoms. The van der Waals surface area contributed by atoms with Gasteiger partial charge in [-0.3, -0.25) is 0 Å². The standard InChI is InChI=1S/C8H7F3O3S2.C7H8S/c1-15-7-4-2-6(3-5-7)14-16(12,13)8(9,10)11;1-8-7-5-3-2-4-6-7/h2-5H,1H3;2-6H,1H3. The Bertz CT molecular complexity index is 715. The highest BCUT2D eigenvalue weighted by Crippen LogP contribution is 2.27. The Kier molecular flexibility index (Phi) is 7.98. The van der Waals surface area contributed by atoms with E-state index in [0.717, 1.165) is 17.0 Å². The summed E-state index contributed by atoms with van der Waals surface area (Å²) < 4.78 is 61.0. The molecule has 0 amide bonds. The molecule has 3 nitrogen and oxygen atoms in total. The molecular formula is C15H15F3O3S3. The number of alkyl halides is 3. The van der Waals surface area contributed by atoms with Crippen LogP contribution in [0.2, 0.25) is 0 Å². The maximum absolute atomic E-state index is 11.9. The highest BCUT2D eigenvalue weighted by atomic mass is 32.2. The van der Waals surface area contributed by atoms with Crippen molar-refractivity contribution in [2.45, 2.75) is 15.3 Å². The van der Waals surface area contributed by atoms with Crippen molar-refractivity contribution in [1.82, 2.24) is 0 Å². The maximum Gasteiger partial charge on any atom is 0.534 e. The number of hydrogen-bond donors (Lipinski definition) is 0. The SMILES string of the molecule is CSc1ccc(OS(=O)(=O)C(F)(F)F)cc1.CSc1ccccc1. The summed E-state index contributed by atoms with van der Waals surface area (Å²) in [6.45, 7) is 0. The van der Waals surface area contributed by atoms with E-state index < -0.39 is 15.6 Å². The zero-order valence-corrected chi connectivity index (χ0v) is 15.2. The predicted octanol–water partition coefficient (Wildman–Crippen LogP) is 5.05. The van der Waals surface area contributed by atoms with E-state index in [1.54, 1.807) is 18.0 Å². The molecule has 0 aromatic heterocycles. The van der Waals surface area contributed by atoms with Crippen molar-refractivity contribution in [2.24, 2.45) is 0 Å². The zero-order valence-electron chi connectivity index (χ0n) is 12.8. The molecule has 2 aromatic rings. The van der Waals surface area contributed by atoms with E-state index in [9.17, 15) is 21.6 Å². The molecule has 0 spiro atoms. The Morgan fingerprint density at radius 1 is 0.833 bits per heavy atom. The highest BCUT2D eigenvalue weighted by Gasteiger charge is 2.48. The normalized spacial score (nSPS) is 11.4. The molecule has 0 fully saturated rings. The molecule has 0 aliphatic carbocycles. The van der Waals surface area contributed by atoms with Crippen LogP contribution in [-0.2, 0) is 10.1 Å². The second kappa shape index (κ2) is 9.24. The smallest absolute Gasteiger partial charge is 0.376 e. The van der Waals surface area contributed by atoms with Gasteiger partial charge in [0.05, 0.1) is 0 Å². The van der Waals surface area contributed by atoms with Crippen molar-refractivity contribution < 1.29 is 25.8 Å². The predicted molar refractivity (Wildman–Crippen MR) is 92.0 cm³/mol. The third-order valence-corrected chi connectivity index (χ3v) is 4.99. The third kappa shape index (κ3) is 6.66. The van der Waals surface area contributed by atoms with Crippen molar-refractivity contribution in [3.8, 4) is 5.75 Å². The second-order valence-electron chi connectivity index (χ2n) is 4.18. The lowest BCUT2D eigenvalue weighted by Crippen LogP contribution is -2.27. The number of rotatable bonds is 4. The van der Waals surface area contributed by atoms with Gasteiger partial charge in [-0.2, -0.15) is 21.6 Å². The van der Waals surface area contributed by atoms with Gasteiger partial charge >= 0.3 is 15.6 Å². The molecule has 0 N–H and O–H groups in total. The van der Waals surface area contributed by atoms with Crippen molar-refractivity contribution in [3.63, 3.8) is 0 Å². The van der Waals surface area contributed by atoms with Crippen molar-refractivity contribution in [2.75, 3.05) is 12.5 Å². The highest BCUT2D eigenvalue weighted by molar-refractivity contribution is 7.98. The lowest BCUT2D eigenvalue weighted by molar-refractivity contribution is -0.0500. The lowest BCUT2D eigenvalue weighted by atomic mass is 10.3. The Hall–Kier alpha value is -1.32. The van der Waals surface area contributed by atoms with Crippen LogP contribution in [0.4, 0.5) is 13.2 Å². The molecule has 0 heterocycles. The molecule has 0 radical (unpaired) electrons. The van der Waals surface area contributed by atoms with Gasteiger partial charge in [-0.25, -0.2) is 0 Å². The van der Waals surface area contributed by atoms with Crippen molar-refractivity contribution in [1.29, 1.82) is 0 Å². The quantitative estimate of drug-likeness (QED) is 0.411. The van der Waals surface area contributed by atoms with E-state index in [0.29, 0.717) is 0 Å². The van der Waals surface area contributed by atoms with Crippen LogP contribution in [0, 0.1) is 0 Å². The summed E-state index contributed by atoms with van der Waals surface area (Å²) in [7, 11) is -5.58. The number of hydrogen-bond acceptors (Lipinski definition) is 5. The minimum atomic E-state index is -5.58. The molecule has 0 aliphatic heterocycles. The van der Waals surface area contributed by atoms with Crippen LogP contribution in [-0.4, -0.2) is 26.4 Å². The maximum atomic E-state index is 11.9. The zero-order chi connectivity index (χ0) is 18.2. The molecule has 9 heteroatoms. The molecule has 0 unspecified atom stereocenters. The van der Waals surface area contributed by atoms with Gasteiger partial charge in [0, 0.05) is 9.79 Å². The molecule has 0 saturated heterocycles. The lowest BCUT2D eigenvalue weighted by Gasteiger charge is -2.09. The molecule has 2 aromatic carbocycles. The first-order valence-electron chi connectivity index (χ1n) is 6.43. The summed E-state index contributed by atoms with van der Waals surface area (Å²) in [6, 6.07) is 15.6. The number of benzene rings is 2. The molecule has 0 saturated carbocycles. The van der Waals surface area contributed by atoms with E-state index in [-0.39, 0.29) is 5.75 Å². The average Bonchev–Trinajstić information content (AvgIpc) is 2.55. The summed E-state index contributed by atoms with van der Waals surface area (Å²) in [5.74, 6) is -0.366. The van der Waals surface area contributed by atoms with Crippen LogP contribution < -0.4 is 4.18 Å². The Morgan fingerprint density at radius 2 is 1.29 bits per heavy atom. The Labute approximate surface area is 147 Å². The molecule has 0 aliphatic rings. The minimum Gasteiger partial charge on any atom is -0.376 e. The minimum absolute atomic E-state index is 0.366. The summed E-state index contributed by atoms with van der Waals surface area (Å²) in [6.07, 6.45) is 3.86. The summed E-state index contributed by atoms with van der Waals surface area (Å²) in [5.41, 5.74) is -5.41. The molecule has 132 valence electrons. The van der Waals surface area contributed by atoms with Crippen LogP contribution in [0.25, 0.3) is 0 Å². The first kappa shape index (κ1) is 20.7. The van der Waals surface area contributed by atoms with Gasteiger partial charge in [0.2, 0.25) is 0 Å². The van der Waals surface area contributed by atoms with Crippen LogP contribution in [0.1, 0.15) is 0 Å². The molecule has 24 heavy (non-hydrogen) atoms. The van der Waals surface area contributed by atoms with Gasteiger partial charge in [-0.1, -0.05) is 18.2 Å². The van der Waals surface area contributed by atoms with Crippen molar-refractivity contribution >= 4 is 33.6 Å². The van der Waals surface area contributed by atoms with E-state index in [2.05, 4.69) is 22.6 Å². The van der Waals surface area contributed by atoms with Crippen molar-refractivity contribution in [3.05, 3.63) is 54.6 Å². The van der Waals surface area contributed by atoms with Gasteiger partial charge in [-0.15, -0.1) is 23.5 Å².